The van der Waals surface area contributed by atoms with Crippen molar-refractivity contribution in [3.63, 3.8) is 0 Å². The van der Waals surface area contributed by atoms with Gasteiger partial charge in [0.25, 0.3) is 5.91 Å². The second-order valence-corrected chi connectivity index (χ2v) is 7.05. The average Bonchev–Trinajstić information content (AvgIpc) is 2.73. The summed E-state index contributed by atoms with van der Waals surface area (Å²) in [4.78, 5) is 23.8. The van der Waals surface area contributed by atoms with Crippen LogP contribution in [0.25, 0.3) is 10.9 Å². The first kappa shape index (κ1) is 17.5. The lowest BCUT2D eigenvalue weighted by molar-refractivity contribution is 0.0703. The van der Waals surface area contributed by atoms with Crippen LogP contribution in [0.4, 0.5) is 0 Å². The zero-order valence-electron chi connectivity index (χ0n) is 15.7. The van der Waals surface area contributed by atoms with Crippen LogP contribution in [0.5, 0.6) is 5.75 Å². The lowest BCUT2D eigenvalue weighted by atomic mass is 9.89. The fourth-order valence-electron chi connectivity index (χ4n) is 3.91. The number of methoxy groups -OCH3 is 1. The number of benzene rings is 1. The Balaban J connectivity index is 1.59. The summed E-state index contributed by atoms with van der Waals surface area (Å²) >= 11 is 0. The minimum absolute atomic E-state index is 0.0106. The largest absolute Gasteiger partial charge is 0.496 e. The average molecular weight is 361 g/mol. The van der Waals surface area contributed by atoms with E-state index in [1.54, 1.807) is 19.5 Å². The smallest absolute Gasteiger partial charge is 0.273 e. The van der Waals surface area contributed by atoms with Crippen molar-refractivity contribution in [3.05, 3.63) is 65.6 Å². The first-order chi connectivity index (χ1) is 13.2. The molecule has 1 atom stereocenters. The van der Waals surface area contributed by atoms with E-state index >= 15 is 0 Å². The van der Waals surface area contributed by atoms with E-state index in [0.29, 0.717) is 18.2 Å². The van der Waals surface area contributed by atoms with Gasteiger partial charge in [0.05, 0.1) is 12.6 Å². The van der Waals surface area contributed by atoms with Gasteiger partial charge in [0, 0.05) is 36.8 Å². The summed E-state index contributed by atoms with van der Waals surface area (Å²) in [5.41, 5.74) is 3.68. The molecular weight excluding hydrogens is 338 g/mol. The third-order valence-electron chi connectivity index (χ3n) is 5.33. The van der Waals surface area contributed by atoms with Gasteiger partial charge in [-0.2, -0.15) is 0 Å². The first-order valence-electron chi connectivity index (χ1n) is 9.31. The van der Waals surface area contributed by atoms with Crippen LogP contribution >= 0.6 is 0 Å². The van der Waals surface area contributed by atoms with E-state index < -0.39 is 0 Å². The van der Waals surface area contributed by atoms with Gasteiger partial charge in [0.15, 0.2) is 0 Å². The van der Waals surface area contributed by atoms with Crippen molar-refractivity contribution in [3.8, 4) is 5.75 Å². The molecule has 3 heterocycles. The number of hydrogen-bond acceptors (Lipinski definition) is 4. The Labute approximate surface area is 159 Å². The molecule has 3 aromatic rings. The first-order valence-corrected chi connectivity index (χ1v) is 9.31. The Kier molecular flexibility index (Phi) is 4.75. The fourth-order valence-corrected chi connectivity index (χ4v) is 3.91. The number of amides is 1. The summed E-state index contributed by atoms with van der Waals surface area (Å²) in [6.45, 7) is 3.53. The third-order valence-corrected chi connectivity index (χ3v) is 5.33. The van der Waals surface area contributed by atoms with Gasteiger partial charge in [-0.05, 0) is 55.2 Å². The summed E-state index contributed by atoms with van der Waals surface area (Å²) in [5, 5.41) is 0.812. The number of hydrogen-bond donors (Lipinski definition) is 0. The molecule has 0 aliphatic carbocycles. The second kappa shape index (κ2) is 7.35. The van der Waals surface area contributed by atoms with Gasteiger partial charge in [-0.1, -0.05) is 12.1 Å². The van der Waals surface area contributed by atoms with Gasteiger partial charge in [0.2, 0.25) is 0 Å². The van der Waals surface area contributed by atoms with E-state index in [2.05, 4.69) is 29.0 Å². The maximum atomic E-state index is 13.2. The van der Waals surface area contributed by atoms with Crippen molar-refractivity contribution in [2.75, 3.05) is 20.2 Å². The molecule has 27 heavy (non-hydrogen) atoms. The van der Waals surface area contributed by atoms with Crippen molar-refractivity contribution in [2.24, 2.45) is 0 Å². The zero-order valence-corrected chi connectivity index (χ0v) is 15.7. The molecule has 0 N–H and O–H groups in total. The molecule has 1 aromatic carbocycles. The predicted molar refractivity (Wildman–Crippen MR) is 105 cm³/mol. The highest BCUT2D eigenvalue weighted by atomic mass is 16.5. The molecule has 1 amide bonds. The number of aromatic nitrogens is 2. The molecule has 0 radical (unpaired) electrons. The Bertz CT molecular complexity index is 981. The molecule has 1 saturated heterocycles. The normalized spacial score (nSPS) is 17.1. The molecule has 1 aliphatic heterocycles. The quantitative estimate of drug-likeness (QED) is 0.708. The van der Waals surface area contributed by atoms with Crippen LogP contribution < -0.4 is 4.74 Å². The summed E-state index contributed by atoms with van der Waals surface area (Å²) in [5.74, 6) is 1.22. The predicted octanol–water partition coefficient (Wildman–Crippen LogP) is 3.97. The molecule has 2 aromatic heterocycles. The molecule has 138 valence electrons. The molecule has 1 unspecified atom stereocenters. The third kappa shape index (κ3) is 3.37. The number of pyridine rings is 2. The molecule has 5 nitrogen and oxygen atoms in total. The maximum Gasteiger partial charge on any atom is 0.273 e. The zero-order chi connectivity index (χ0) is 18.8. The van der Waals surface area contributed by atoms with Crippen LogP contribution in [0, 0.1) is 6.92 Å². The van der Waals surface area contributed by atoms with Gasteiger partial charge in [-0.3, -0.25) is 14.8 Å². The standard InChI is InChI=1S/C22H23N3O2/c1-15-13-16(7-8-20(15)27-2)17-5-4-12-25(14-17)22(26)21-18-6-3-10-23-19(18)9-11-24-21/h3,6-11,13,17H,4-5,12,14H2,1-2H3. The highest BCUT2D eigenvalue weighted by Crippen LogP contribution is 2.31. The van der Waals surface area contributed by atoms with Crippen molar-refractivity contribution >= 4 is 16.8 Å². The van der Waals surface area contributed by atoms with Crippen LogP contribution in [-0.2, 0) is 0 Å². The second-order valence-electron chi connectivity index (χ2n) is 7.05. The van der Waals surface area contributed by atoms with Crippen molar-refractivity contribution in [2.45, 2.75) is 25.7 Å². The minimum Gasteiger partial charge on any atom is -0.496 e. The van der Waals surface area contributed by atoms with Crippen LogP contribution in [0.3, 0.4) is 0 Å². The number of likely N-dealkylation sites (tertiary alicyclic amines) is 1. The lowest BCUT2D eigenvalue weighted by Crippen LogP contribution is -2.39. The Morgan fingerprint density at radius 1 is 1.19 bits per heavy atom. The number of carbonyl (C=O) groups is 1. The van der Waals surface area contributed by atoms with Crippen LogP contribution in [-0.4, -0.2) is 41.0 Å². The van der Waals surface area contributed by atoms with Gasteiger partial charge in [-0.25, -0.2) is 0 Å². The van der Waals surface area contributed by atoms with Crippen LogP contribution in [0.1, 0.15) is 40.4 Å². The fraction of sp³-hybridized carbons (Fsp3) is 0.318. The summed E-state index contributed by atoms with van der Waals surface area (Å²) < 4.78 is 5.37. The van der Waals surface area contributed by atoms with Gasteiger partial charge >= 0.3 is 0 Å². The maximum absolute atomic E-state index is 13.2. The number of fused-ring (bicyclic) bond motifs is 1. The topological polar surface area (TPSA) is 55.3 Å². The number of piperidine rings is 1. The molecule has 1 fully saturated rings. The molecule has 0 saturated carbocycles. The van der Waals surface area contributed by atoms with E-state index in [0.717, 1.165) is 41.6 Å². The minimum atomic E-state index is -0.0106. The van der Waals surface area contributed by atoms with Crippen LogP contribution in [0.2, 0.25) is 0 Å². The molecule has 4 rings (SSSR count). The monoisotopic (exact) mass is 361 g/mol. The van der Waals surface area contributed by atoms with E-state index in [9.17, 15) is 4.79 Å². The van der Waals surface area contributed by atoms with Gasteiger partial charge in [0.1, 0.15) is 11.4 Å². The number of nitrogens with zero attached hydrogens (tertiary/aromatic N) is 3. The summed E-state index contributed by atoms with van der Waals surface area (Å²) in [6.07, 6.45) is 5.47. The molecule has 5 heteroatoms. The molecule has 1 aliphatic rings. The van der Waals surface area contributed by atoms with E-state index in [-0.39, 0.29) is 5.91 Å². The number of ether oxygens (including phenoxy) is 1. The molecule has 0 bridgehead atoms. The Hall–Kier alpha value is -2.95. The van der Waals surface area contributed by atoms with Crippen molar-refractivity contribution < 1.29 is 9.53 Å². The summed E-state index contributed by atoms with van der Waals surface area (Å²) in [7, 11) is 1.69. The Morgan fingerprint density at radius 3 is 2.89 bits per heavy atom. The number of rotatable bonds is 3. The van der Waals surface area contributed by atoms with E-state index in [1.165, 1.54) is 5.56 Å². The van der Waals surface area contributed by atoms with Crippen LogP contribution in [0.15, 0.2) is 48.8 Å². The highest BCUT2D eigenvalue weighted by Gasteiger charge is 2.27. The molecular formula is C22H23N3O2. The number of aryl methyl sites for hydroxylation is 1. The van der Waals surface area contributed by atoms with E-state index in [1.807, 2.05) is 29.2 Å². The SMILES string of the molecule is COc1ccc(C2CCCN(C(=O)c3nccc4ncccc34)C2)cc1C. The lowest BCUT2D eigenvalue weighted by Gasteiger charge is -2.33. The van der Waals surface area contributed by atoms with E-state index in [4.69, 9.17) is 4.74 Å². The number of carbonyl (C=O) groups excluding carboxylic acids is 1. The molecule has 0 spiro atoms. The highest BCUT2D eigenvalue weighted by molar-refractivity contribution is 6.04. The van der Waals surface area contributed by atoms with Crippen molar-refractivity contribution in [1.82, 2.24) is 14.9 Å². The summed E-state index contributed by atoms with van der Waals surface area (Å²) in [6, 6.07) is 11.9. The van der Waals surface area contributed by atoms with Gasteiger partial charge in [-0.15, -0.1) is 0 Å². The van der Waals surface area contributed by atoms with Gasteiger partial charge < -0.3 is 9.64 Å². The Morgan fingerprint density at radius 2 is 2.07 bits per heavy atom. The van der Waals surface area contributed by atoms with Crippen molar-refractivity contribution in [1.29, 1.82) is 0 Å².